The van der Waals surface area contributed by atoms with Crippen LogP contribution in [-0.4, -0.2) is 15.1 Å². The molecule has 2 aromatic heterocycles. The maximum Gasteiger partial charge on any atom is 0.151 e. The van der Waals surface area contributed by atoms with Gasteiger partial charge in [0.15, 0.2) is 5.82 Å². The van der Waals surface area contributed by atoms with Crippen LogP contribution in [0.15, 0.2) is 36.8 Å². The highest BCUT2D eigenvalue weighted by Gasteiger charge is 2.09. The van der Waals surface area contributed by atoms with Crippen molar-refractivity contribution in [1.29, 1.82) is 0 Å². The van der Waals surface area contributed by atoms with Crippen molar-refractivity contribution in [2.75, 3.05) is 0 Å². The second-order valence-electron chi connectivity index (χ2n) is 2.73. The fourth-order valence-electron chi connectivity index (χ4n) is 1.17. The standard InChI is InChI=1S/C10H7FN2O/c11-8-6-12-5-3-7(8)10-9(14)2-1-4-13-10/h1-6,14H. The summed E-state index contributed by atoms with van der Waals surface area (Å²) in [6.45, 7) is 0. The minimum Gasteiger partial charge on any atom is -0.506 e. The maximum absolute atomic E-state index is 13.2. The van der Waals surface area contributed by atoms with Crippen molar-refractivity contribution in [2.24, 2.45) is 0 Å². The molecule has 0 radical (unpaired) electrons. The van der Waals surface area contributed by atoms with Crippen molar-refractivity contribution >= 4 is 0 Å². The lowest BCUT2D eigenvalue weighted by molar-refractivity contribution is 0.474. The third-order valence-corrected chi connectivity index (χ3v) is 1.81. The third-order valence-electron chi connectivity index (χ3n) is 1.81. The molecular formula is C10H7FN2O. The van der Waals surface area contributed by atoms with Crippen molar-refractivity contribution in [3.63, 3.8) is 0 Å². The van der Waals surface area contributed by atoms with Gasteiger partial charge in [0.25, 0.3) is 0 Å². The lowest BCUT2D eigenvalue weighted by atomic mass is 10.1. The molecule has 4 heteroatoms. The van der Waals surface area contributed by atoms with Crippen LogP contribution >= 0.6 is 0 Å². The van der Waals surface area contributed by atoms with E-state index in [0.717, 1.165) is 6.20 Å². The molecule has 0 saturated heterocycles. The Morgan fingerprint density at radius 3 is 2.79 bits per heavy atom. The molecule has 14 heavy (non-hydrogen) atoms. The molecule has 0 aliphatic carbocycles. The summed E-state index contributed by atoms with van der Waals surface area (Å²) < 4.78 is 13.2. The molecule has 0 bridgehead atoms. The Morgan fingerprint density at radius 2 is 2.07 bits per heavy atom. The minimum absolute atomic E-state index is 0.0439. The van der Waals surface area contributed by atoms with Gasteiger partial charge in [0.05, 0.1) is 6.20 Å². The van der Waals surface area contributed by atoms with E-state index in [1.165, 1.54) is 24.5 Å². The average Bonchev–Trinajstić information content (AvgIpc) is 2.20. The topological polar surface area (TPSA) is 46.0 Å². The number of halogens is 1. The summed E-state index contributed by atoms with van der Waals surface area (Å²) in [4.78, 5) is 7.51. The van der Waals surface area contributed by atoms with Crippen LogP contribution < -0.4 is 0 Å². The number of rotatable bonds is 1. The van der Waals surface area contributed by atoms with Crippen molar-refractivity contribution in [3.05, 3.63) is 42.6 Å². The molecular weight excluding hydrogens is 183 g/mol. The zero-order valence-electron chi connectivity index (χ0n) is 7.18. The van der Waals surface area contributed by atoms with E-state index in [4.69, 9.17) is 0 Å². The first-order valence-electron chi connectivity index (χ1n) is 4.03. The molecule has 0 saturated carbocycles. The van der Waals surface area contributed by atoms with Gasteiger partial charge in [0.1, 0.15) is 11.4 Å². The van der Waals surface area contributed by atoms with Crippen molar-refractivity contribution in [3.8, 4) is 17.0 Å². The zero-order chi connectivity index (χ0) is 9.97. The predicted molar refractivity (Wildman–Crippen MR) is 49.1 cm³/mol. The largest absolute Gasteiger partial charge is 0.506 e. The molecule has 2 heterocycles. The first kappa shape index (κ1) is 8.62. The minimum atomic E-state index is -0.499. The van der Waals surface area contributed by atoms with Crippen molar-refractivity contribution in [2.45, 2.75) is 0 Å². The summed E-state index contributed by atoms with van der Waals surface area (Å²) in [6, 6.07) is 4.51. The van der Waals surface area contributed by atoms with Gasteiger partial charge in [-0.25, -0.2) is 4.39 Å². The van der Waals surface area contributed by atoms with Crippen LogP contribution in [-0.2, 0) is 0 Å². The molecule has 0 aliphatic rings. The van der Waals surface area contributed by atoms with Crippen LogP contribution in [0.25, 0.3) is 11.3 Å². The van der Waals surface area contributed by atoms with Gasteiger partial charge in [0, 0.05) is 18.0 Å². The van der Waals surface area contributed by atoms with Gasteiger partial charge in [-0.3, -0.25) is 9.97 Å². The SMILES string of the molecule is Oc1cccnc1-c1ccncc1F. The number of pyridine rings is 2. The number of nitrogens with zero attached hydrogens (tertiary/aromatic N) is 2. The number of aromatic nitrogens is 2. The molecule has 0 unspecified atom stereocenters. The number of hydrogen-bond acceptors (Lipinski definition) is 3. The fourth-order valence-corrected chi connectivity index (χ4v) is 1.17. The second kappa shape index (κ2) is 3.41. The summed E-state index contributed by atoms with van der Waals surface area (Å²) in [6.07, 6.45) is 4.03. The molecule has 2 rings (SSSR count). The number of hydrogen-bond donors (Lipinski definition) is 1. The third kappa shape index (κ3) is 1.42. The van der Waals surface area contributed by atoms with E-state index in [-0.39, 0.29) is 17.0 Å². The van der Waals surface area contributed by atoms with E-state index >= 15 is 0 Å². The molecule has 3 nitrogen and oxygen atoms in total. The molecule has 0 atom stereocenters. The summed E-state index contributed by atoms with van der Waals surface area (Å²) in [5.41, 5.74) is 0.477. The second-order valence-corrected chi connectivity index (χ2v) is 2.73. The Morgan fingerprint density at radius 1 is 1.21 bits per heavy atom. The highest BCUT2D eigenvalue weighted by molar-refractivity contribution is 5.65. The average molecular weight is 190 g/mol. The maximum atomic E-state index is 13.2. The van der Waals surface area contributed by atoms with E-state index < -0.39 is 5.82 Å². The highest BCUT2D eigenvalue weighted by atomic mass is 19.1. The molecule has 0 aliphatic heterocycles. The first-order valence-corrected chi connectivity index (χ1v) is 4.03. The smallest absolute Gasteiger partial charge is 0.151 e. The van der Waals surface area contributed by atoms with E-state index in [0.29, 0.717) is 0 Å². The monoisotopic (exact) mass is 190 g/mol. The van der Waals surface area contributed by atoms with Crippen LogP contribution in [0.3, 0.4) is 0 Å². The molecule has 1 N–H and O–H groups in total. The fraction of sp³-hybridized carbons (Fsp3) is 0. The zero-order valence-corrected chi connectivity index (χ0v) is 7.18. The highest BCUT2D eigenvalue weighted by Crippen LogP contribution is 2.27. The quantitative estimate of drug-likeness (QED) is 0.747. The molecule has 70 valence electrons. The van der Waals surface area contributed by atoms with Gasteiger partial charge in [-0.15, -0.1) is 0 Å². The van der Waals surface area contributed by atoms with Gasteiger partial charge in [-0.1, -0.05) is 0 Å². The number of aromatic hydroxyl groups is 1. The lowest BCUT2D eigenvalue weighted by Crippen LogP contribution is -1.88. The summed E-state index contributed by atoms with van der Waals surface area (Å²) in [5.74, 6) is -0.542. The van der Waals surface area contributed by atoms with E-state index in [2.05, 4.69) is 9.97 Å². The summed E-state index contributed by atoms with van der Waals surface area (Å²) >= 11 is 0. The van der Waals surface area contributed by atoms with Gasteiger partial charge in [0.2, 0.25) is 0 Å². The van der Waals surface area contributed by atoms with Gasteiger partial charge in [-0.2, -0.15) is 0 Å². The Bertz CT molecular complexity index is 416. The van der Waals surface area contributed by atoms with Gasteiger partial charge < -0.3 is 5.11 Å². The van der Waals surface area contributed by atoms with E-state index in [1.807, 2.05) is 0 Å². The summed E-state index contributed by atoms with van der Waals surface area (Å²) in [7, 11) is 0. The van der Waals surface area contributed by atoms with Crippen LogP contribution in [0, 0.1) is 5.82 Å². The van der Waals surface area contributed by atoms with Gasteiger partial charge >= 0.3 is 0 Å². The Hall–Kier alpha value is -1.97. The molecule has 2 aromatic rings. The molecule has 0 spiro atoms. The van der Waals surface area contributed by atoms with Crippen molar-refractivity contribution in [1.82, 2.24) is 9.97 Å². The Balaban J connectivity index is 2.61. The molecule has 0 fully saturated rings. The van der Waals surface area contributed by atoms with E-state index in [1.54, 1.807) is 6.07 Å². The first-order chi connectivity index (χ1) is 6.79. The Labute approximate surface area is 79.9 Å². The van der Waals surface area contributed by atoms with E-state index in [9.17, 15) is 9.50 Å². The molecule has 0 aromatic carbocycles. The summed E-state index contributed by atoms with van der Waals surface area (Å²) in [5, 5.41) is 9.44. The Kier molecular flexibility index (Phi) is 2.10. The van der Waals surface area contributed by atoms with Crippen LogP contribution in [0.2, 0.25) is 0 Å². The van der Waals surface area contributed by atoms with Gasteiger partial charge in [-0.05, 0) is 18.2 Å². The van der Waals surface area contributed by atoms with Crippen LogP contribution in [0.1, 0.15) is 0 Å². The predicted octanol–water partition coefficient (Wildman–Crippen LogP) is 1.99. The normalized spacial score (nSPS) is 10.1. The molecule has 0 amide bonds. The van der Waals surface area contributed by atoms with Crippen LogP contribution in [0.4, 0.5) is 4.39 Å². The van der Waals surface area contributed by atoms with Crippen LogP contribution in [0.5, 0.6) is 5.75 Å². The van der Waals surface area contributed by atoms with Crippen molar-refractivity contribution < 1.29 is 9.50 Å². The lowest BCUT2D eigenvalue weighted by Gasteiger charge is -2.03.